The van der Waals surface area contributed by atoms with Crippen molar-refractivity contribution < 1.29 is 14.3 Å². The molecule has 1 aliphatic rings. The van der Waals surface area contributed by atoms with Crippen molar-refractivity contribution in [3.8, 4) is 11.3 Å². The summed E-state index contributed by atoms with van der Waals surface area (Å²) in [4.78, 5) is 11.4. The highest BCUT2D eigenvalue weighted by Crippen LogP contribution is 2.40. The van der Waals surface area contributed by atoms with E-state index in [-0.39, 0.29) is 22.3 Å². The van der Waals surface area contributed by atoms with Gasteiger partial charge in [0.2, 0.25) is 0 Å². The normalized spacial score (nSPS) is 16.0. The van der Waals surface area contributed by atoms with Crippen molar-refractivity contribution >= 4 is 17.6 Å². The Morgan fingerprint density at radius 3 is 2.81 bits per heavy atom. The van der Waals surface area contributed by atoms with Crippen LogP contribution in [0.15, 0.2) is 24.4 Å². The van der Waals surface area contributed by atoms with E-state index in [2.05, 4.69) is 5.10 Å². The summed E-state index contributed by atoms with van der Waals surface area (Å²) in [5.74, 6) is -0.992. The fourth-order valence-corrected chi connectivity index (χ4v) is 2.69. The van der Waals surface area contributed by atoms with Crippen molar-refractivity contribution in [2.45, 2.75) is 25.8 Å². The van der Waals surface area contributed by atoms with Crippen LogP contribution in [0.1, 0.15) is 36.2 Å². The summed E-state index contributed by atoms with van der Waals surface area (Å²) >= 11 is 6.02. The van der Waals surface area contributed by atoms with Gasteiger partial charge in [0.15, 0.2) is 0 Å². The lowest BCUT2D eigenvalue weighted by Crippen LogP contribution is -2.07. The molecule has 1 aromatic carbocycles. The van der Waals surface area contributed by atoms with Crippen LogP contribution in [-0.2, 0) is 0 Å². The van der Waals surface area contributed by atoms with Gasteiger partial charge in [-0.2, -0.15) is 5.10 Å². The minimum Gasteiger partial charge on any atom is -0.478 e. The molecule has 0 amide bonds. The molecule has 1 aliphatic carbocycles. The SMILES string of the molecule is CC(C1CC1)n1cc(C(=O)O)c(-c2ccc(F)cc2Cl)n1. The van der Waals surface area contributed by atoms with Gasteiger partial charge >= 0.3 is 5.97 Å². The zero-order valence-electron chi connectivity index (χ0n) is 11.4. The van der Waals surface area contributed by atoms with E-state index in [0.29, 0.717) is 11.5 Å². The third kappa shape index (κ3) is 2.65. The molecule has 1 saturated carbocycles. The molecule has 1 heterocycles. The maximum atomic E-state index is 13.1. The Morgan fingerprint density at radius 1 is 1.52 bits per heavy atom. The van der Waals surface area contributed by atoms with Gasteiger partial charge in [-0.15, -0.1) is 0 Å². The number of nitrogens with zero attached hydrogens (tertiary/aromatic N) is 2. The van der Waals surface area contributed by atoms with Gasteiger partial charge in [0.05, 0.1) is 11.1 Å². The van der Waals surface area contributed by atoms with Crippen LogP contribution in [0, 0.1) is 11.7 Å². The van der Waals surface area contributed by atoms with Crippen LogP contribution < -0.4 is 0 Å². The average molecular weight is 309 g/mol. The molecule has 1 atom stereocenters. The van der Waals surface area contributed by atoms with Crippen LogP contribution in [0.3, 0.4) is 0 Å². The lowest BCUT2D eigenvalue weighted by Gasteiger charge is -2.10. The number of carboxylic acids is 1. The second-order valence-electron chi connectivity index (χ2n) is 5.38. The zero-order valence-corrected chi connectivity index (χ0v) is 12.1. The number of aromatic nitrogens is 2. The van der Waals surface area contributed by atoms with Crippen LogP contribution in [0.25, 0.3) is 11.3 Å². The van der Waals surface area contributed by atoms with E-state index in [1.807, 2.05) is 6.92 Å². The van der Waals surface area contributed by atoms with Crippen molar-refractivity contribution in [1.82, 2.24) is 9.78 Å². The predicted molar refractivity (Wildman–Crippen MR) is 77.0 cm³/mol. The van der Waals surface area contributed by atoms with Gasteiger partial charge in [0.1, 0.15) is 17.1 Å². The molecule has 1 N–H and O–H groups in total. The van der Waals surface area contributed by atoms with Gasteiger partial charge in [-0.25, -0.2) is 9.18 Å². The van der Waals surface area contributed by atoms with Gasteiger partial charge in [-0.3, -0.25) is 4.68 Å². The number of carbonyl (C=O) groups is 1. The van der Waals surface area contributed by atoms with Gasteiger partial charge < -0.3 is 5.11 Å². The number of carboxylic acid groups (broad SMARTS) is 1. The van der Waals surface area contributed by atoms with Crippen LogP contribution in [0.5, 0.6) is 0 Å². The maximum Gasteiger partial charge on any atom is 0.339 e. The Balaban J connectivity index is 2.09. The summed E-state index contributed by atoms with van der Waals surface area (Å²) in [6.45, 7) is 2.02. The molecule has 1 unspecified atom stereocenters. The summed E-state index contributed by atoms with van der Waals surface area (Å²) in [5, 5.41) is 13.9. The smallest absolute Gasteiger partial charge is 0.339 e. The number of benzene rings is 1. The minimum atomic E-state index is -1.07. The van der Waals surface area contributed by atoms with Crippen molar-refractivity contribution in [3.05, 3.63) is 40.8 Å². The minimum absolute atomic E-state index is 0.0796. The largest absolute Gasteiger partial charge is 0.478 e. The first-order chi connectivity index (χ1) is 9.97. The van der Waals surface area contributed by atoms with Crippen molar-refractivity contribution in [3.63, 3.8) is 0 Å². The predicted octanol–water partition coefficient (Wildman–Crippen LogP) is 4.01. The quantitative estimate of drug-likeness (QED) is 0.928. The van der Waals surface area contributed by atoms with Crippen molar-refractivity contribution in [1.29, 1.82) is 0 Å². The summed E-state index contributed by atoms with van der Waals surface area (Å²) < 4.78 is 14.8. The van der Waals surface area contributed by atoms with E-state index in [1.54, 1.807) is 4.68 Å². The second kappa shape index (κ2) is 5.15. The molecular weight excluding hydrogens is 295 g/mol. The highest BCUT2D eigenvalue weighted by molar-refractivity contribution is 6.33. The number of halogens is 2. The van der Waals surface area contributed by atoms with Crippen LogP contribution >= 0.6 is 11.6 Å². The van der Waals surface area contributed by atoms with E-state index >= 15 is 0 Å². The lowest BCUT2D eigenvalue weighted by atomic mass is 10.1. The molecular formula is C15H14ClFN2O2. The summed E-state index contributed by atoms with van der Waals surface area (Å²) in [5.41, 5.74) is 0.785. The van der Waals surface area contributed by atoms with E-state index < -0.39 is 11.8 Å². The molecule has 1 fully saturated rings. The second-order valence-corrected chi connectivity index (χ2v) is 5.79. The number of hydrogen-bond donors (Lipinski definition) is 1. The molecule has 21 heavy (non-hydrogen) atoms. The molecule has 1 aromatic heterocycles. The Kier molecular flexibility index (Phi) is 3.45. The van der Waals surface area contributed by atoms with E-state index in [4.69, 9.17) is 11.6 Å². The first kappa shape index (κ1) is 14.1. The number of aromatic carboxylic acids is 1. The van der Waals surface area contributed by atoms with Gasteiger partial charge in [-0.05, 0) is 43.9 Å². The molecule has 2 aromatic rings. The fraction of sp³-hybridized carbons (Fsp3) is 0.333. The van der Waals surface area contributed by atoms with Gasteiger partial charge in [0, 0.05) is 11.8 Å². The van der Waals surface area contributed by atoms with Crippen molar-refractivity contribution in [2.24, 2.45) is 5.92 Å². The van der Waals surface area contributed by atoms with Gasteiger partial charge in [0.25, 0.3) is 0 Å². The van der Waals surface area contributed by atoms with Crippen LogP contribution in [0.4, 0.5) is 4.39 Å². The molecule has 0 spiro atoms. The van der Waals surface area contributed by atoms with Crippen LogP contribution in [0.2, 0.25) is 5.02 Å². The molecule has 3 rings (SSSR count). The summed E-state index contributed by atoms with van der Waals surface area (Å²) in [6, 6.07) is 4.01. The molecule has 110 valence electrons. The number of hydrogen-bond acceptors (Lipinski definition) is 2. The Hall–Kier alpha value is -1.88. The average Bonchev–Trinajstić information content (AvgIpc) is 3.17. The first-order valence-electron chi connectivity index (χ1n) is 6.75. The molecule has 0 radical (unpaired) electrons. The molecule has 0 saturated heterocycles. The topological polar surface area (TPSA) is 55.1 Å². The Bertz CT molecular complexity index is 710. The number of rotatable bonds is 4. The fourth-order valence-electron chi connectivity index (χ4n) is 2.43. The zero-order chi connectivity index (χ0) is 15.1. The highest BCUT2D eigenvalue weighted by Gasteiger charge is 2.31. The van der Waals surface area contributed by atoms with E-state index in [1.165, 1.54) is 18.3 Å². The molecule has 0 aliphatic heterocycles. The third-order valence-electron chi connectivity index (χ3n) is 3.87. The molecule has 0 bridgehead atoms. The Morgan fingerprint density at radius 2 is 2.24 bits per heavy atom. The van der Waals surface area contributed by atoms with E-state index in [9.17, 15) is 14.3 Å². The van der Waals surface area contributed by atoms with Gasteiger partial charge in [-0.1, -0.05) is 11.6 Å². The van der Waals surface area contributed by atoms with E-state index in [0.717, 1.165) is 18.9 Å². The third-order valence-corrected chi connectivity index (χ3v) is 4.18. The Labute approximate surface area is 126 Å². The standard InChI is InChI=1S/C15H14ClFN2O2/c1-8(9-2-3-9)19-7-12(15(20)21)14(18-19)11-5-4-10(17)6-13(11)16/h4-9H,2-3H2,1H3,(H,20,21). The summed E-state index contributed by atoms with van der Waals surface area (Å²) in [7, 11) is 0. The lowest BCUT2D eigenvalue weighted by molar-refractivity contribution is 0.0697. The molecule has 4 nitrogen and oxygen atoms in total. The highest BCUT2D eigenvalue weighted by atomic mass is 35.5. The maximum absolute atomic E-state index is 13.1. The van der Waals surface area contributed by atoms with Crippen molar-refractivity contribution in [2.75, 3.05) is 0 Å². The van der Waals surface area contributed by atoms with Crippen LogP contribution in [-0.4, -0.2) is 20.9 Å². The molecule has 6 heteroatoms. The monoisotopic (exact) mass is 308 g/mol. The summed E-state index contributed by atoms with van der Waals surface area (Å²) in [6.07, 6.45) is 3.80. The first-order valence-corrected chi connectivity index (χ1v) is 7.13.